The predicted octanol–water partition coefficient (Wildman–Crippen LogP) is 3.51. The van der Waals surface area contributed by atoms with Gasteiger partial charge in [-0.3, -0.25) is 101 Å². The van der Waals surface area contributed by atoms with Gasteiger partial charge in [-0.1, -0.05) is 13.8 Å². The highest BCUT2D eigenvalue weighted by atomic mass is 16.5. The van der Waals surface area contributed by atoms with Crippen LogP contribution in [0.25, 0.3) is 0 Å². The summed E-state index contributed by atoms with van der Waals surface area (Å²) >= 11 is 0. The fourth-order valence-corrected chi connectivity index (χ4v) is 7.79. The molecule has 0 fully saturated rings. The Morgan fingerprint density at radius 3 is 0.614 bits per heavy atom. The van der Waals surface area contributed by atoms with Gasteiger partial charge in [-0.15, -0.1) is 0 Å². The Bertz CT molecular complexity index is 3600. The SMILES string of the molecule is CCC(C)C(=O)OC#CC(=O)C(=C/C=O)/C(=C/C=O)C(=C/C=O)/C(=C/C=O)C(=CC=O)C(=CC=O)C(=C\C=O)/C(=C/C=O)C(=C\C=O)/C(=C/C=O)C(=C\C=O)/C(=C/C=O)C(=C\C=O)/C(=C/C=O)C(=C\C=O)/C(=C/C=O)C(=C/C=O)/C(=C/C=O)C(/C)=C/C=O. The summed E-state index contributed by atoms with van der Waals surface area (Å²) in [5.41, 5.74) is -12.4. The smallest absolute Gasteiger partial charge is 0.322 e. The van der Waals surface area contributed by atoms with Gasteiger partial charge in [0, 0.05) is 11.5 Å². The number of aldehydes is 19. The maximum Gasteiger partial charge on any atom is 0.322 e. The number of rotatable bonds is 40. The number of carbonyl (C=O) groups is 21. The molecule has 0 heterocycles. The zero-order valence-electron chi connectivity index (χ0n) is 46.7. The number of hydrogen-bond acceptors (Lipinski definition) is 22. The minimum atomic E-state index is -1.38. The molecule has 0 aliphatic heterocycles. The molecule has 0 aromatic heterocycles. The molecule has 88 heavy (non-hydrogen) atoms. The molecule has 0 saturated carbocycles. The minimum absolute atomic E-state index is 0.00380. The van der Waals surface area contributed by atoms with Crippen molar-refractivity contribution >= 4 is 131 Å². The molecule has 0 aliphatic rings. The molecule has 0 amide bonds. The number of Topliss-reactive ketones (excluding diaryl/α,β-unsaturated/α-hetero) is 1. The lowest BCUT2D eigenvalue weighted by Crippen LogP contribution is -2.14. The van der Waals surface area contributed by atoms with Crippen LogP contribution < -0.4 is 0 Å². The van der Waals surface area contributed by atoms with E-state index in [4.69, 9.17) is 4.74 Å². The van der Waals surface area contributed by atoms with Gasteiger partial charge >= 0.3 is 5.97 Å². The van der Waals surface area contributed by atoms with Crippen LogP contribution in [0.2, 0.25) is 0 Å². The van der Waals surface area contributed by atoms with Gasteiger partial charge in [0.2, 0.25) is 5.78 Å². The molecule has 0 aromatic rings. The molecule has 446 valence electrons. The van der Waals surface area contributed by atoms with Crippen molar-refractivity contribution in [3.8, 4) is 12.0 Å². The predicted molar refractivity (Wildman–Crippen MR) is 313 cm³/mol. The second-order valence-electron chi connectivity index (χ2n) is 16.2. The molecule has 22 heteroatoms. The minimum Gasteiger partial charge on any atom is -0.371 e. The second-order valence-corrected chi connectivity index (χ2v) is 16.2. The van der Waals surface area contributed by atoms with E-state index < -0.39 is 112 Å². The molecule has 0 saturated heterocycles. The highest BCUT2D eigenvalue weighted by molar-refractivity contribution is 6.15. The third-order valence-electron chi connectivity index (χ3n) is 11.5. The van der Waals surface area contributed by atoms with Gasteiger partial charge in [0.1, 0.15) is 126 Å². The van der Waals surface area contributed by atoms with Gasteiger partial charge in [0.15, 0.2) is 0 Å². The number of esters is 1. The van der Waals surface area contributed by atoms with Crippen molar-refractivity contribution in [1.82, 2.24) is 0 Å². The third kappa shape index (κ3) is 22.0. The summed E-state index contributed by atoms with van der Waals surface area (Å²) < 4.78 is 4.80. The van der Waals surface area contributed by atoms with Crippen molar-refractivity contribution in [1.29, 1.82) is 0 Å². The average Bonchev–Trinajstić information content (AvgIpc) is 1.99. The van der Waals surface area contributed by atoms with Gasteiger partial charge in [0.25, 0.3) is 0 Å². The van der Waals surface area contributed by atoms with Crippen LogP contribution >= 0.6 is 0 Å². The number of ether oxygens (including phenoxy) is 1. The average molecular weight is 1200 g/mol. The highest BCUT2D eigenvalue weighted by Crippen LogP contribution is 2.44. The Kier molecular flexibility index (Phi) is 37.8. The quantitative estimate of drug-likeness (QED) is 0.0278. The van der Waals surface area contributed by atoms with Crippen LogP contribution in [0.1, 0.15) is 27.2 Å². The number of hydrogen-bond donors (Lipinski definition) is 0. The van der Waals surface area contributed by atoms with Gasteiger partial charge in [-0.25, -0.2) is 0 Å². The maximum absolute atomic E-state index is 13.7. The number of allylic oxidation sites excluding steroid dienone is 38. The summed E-state index contributed by atoms with van der Waals surface area (Å²) in [5.74, 6) is -1.02. The molecule has 1 atom stereocenters. The molecular formula is C66H50O22. The van der Waals surface area contributed by atoms with E-state index in [9.17, 15) is 101 Å². The third-order valence-corrected chi connectivity index (χ3v) is 11.5. The lowest BCUT2D eigenvalue weighted by molar-refractivity contribution is -0.141. The Morgan fingerprint density at radius 2 is 0.432 bits per heavy atom. The van der Waals surface area contributed by atoms with Crippen molar-refractivity contribution in [2.45, 2.75) is 27.2 Å². The van der Waals surface area contributed by atoms with Crippen molar-refractivity contribution in [2.24, 2.45) is 5.92 Å². The van der Waals surface area contributed by atoms with Crippen LogP contribution in [0.3, 0.4) is 0 Å². The Morgan fingerprint density at radius 1 is 0.273 bits per heavy atom. The molecule has 0 rings (SSSR count). The van der Waals surface area contributed by atoms with E-state index in [1.54, 1.807) is 6.92 Å². The van der Waals surface area contributed by atoms with Gasteiger partial charge in [-0.2, -0.15) is 0 Å². The molecule has 22 nitrogen and oxygen atoms in total. The van der Waals surface area contributed by atoms with E-state index in [0.717, 1.165) is 18.2 Å². The van der Waals surface area contributed by atoms with E-state index in [1.807, 2.05) is 12.0 Å². The fraction of sp³-hybridized carbons (Fsp3) is 0.0758. The fourth-order valence-electron chi connectivity index (χ4n) is 7.79. The standard InChI is InChI=1S/C66H50O22/c1-4-45(2)66(87)88-44-24-65(86)64(23-43-85)63(22-42-84)62(21-41-83)61(20-40-82)60(19-39-81)59(18-38-80)58(17-37-79)57(16-36-78)56(15-35-77)55(14-34-76)54(13-33-75)53(12-32-74)52(11-31-73)51(10-30-72)50(9-29-71)49(8-28-70)48(7-27-69)47(6-26-68)46(3)5-25-67/h5-23,25-43,45H,4H2,1-3H3/b46-5+,47-6+,48-7+,49-8+,50-9-,51-10+,52-11-,53-12+,54-13-,55-14+,56-15-,57-16+,58-17-,59-18?,60-19?,61-20+,62-21+,63-22+,64-23+. The van der Waals surface area contributed by atoms with Crippen LogP contribution in [-0.2, 0) is 105 Å². The normalized spacial score (nSPS) is 14.9. The first-order valence-electron chi connectivity index (χ1n) is 24.8. The molecule has 1 unspecified atom stereocenters. The Hall–Kier alpha value is -12.5. The lowest BCUT2D eigenvalue weighted by atomic mass is 9.75. The van der Waals surface area contributed by atoms with Gasteiger partial charge in [-0.05, 0) is 229 Å². The summed E-state index contributed by atoms with van der Waals surface area (Å²) in [5, 5.41) is 0. The number of ketones is 1. The molecule has 0 aromatic carbocycles. The molecule has 0 bridgehead atoms. The maximum atomic E-state index is 13.7. The van der Waals surface area contributed by atoms with Crippen LogP contribution in [0.4, 0.5) is 0 Å². The summed E-state index contributed by atoms with van der Waals surface area (Å²) in [7, 11) is 0. The first-order chi connectivity index (χ1) is 42.6. The van der Waals surface area contributed by atoms with Crippen molar-refractivity contribution < 1.29 is 105 Å². The van der Waals surface area contributed by atoms with Crippen molar-refractivity contribution in [3.05, 3.63) is 221 Å². The molecule has 0 radical (unpaired) electrons. The largest absolute Gasteiger partial charge is 0.371 e. The first kappa shape index (κ1) is 75.5. The van der Waals surface area contributed by atoms with Gasteiger partial charge in [0.05, 0.1) is 5.92 Å². The Labute approximate surface area is 501 Å². The molecule has 0 aliphatic carbocycles. The molecular weight excluding hydrogens is 1140 g/mol. The molecule has 0 spiro atoms. The van der Waals surface area contributed by atoms with E-state index >= 15 is 0 Å². The summed E-state index contributed by atoms with van der Waals surface area (Å²) in [6.07, 6.45) is 14.9. The topological polar surface area (TPSA) is 368 Å². The number of carbonyl (C=O) groups excluding carboxylic acids is 21. The van der Waals surface area contributed by atoms with Crippen LogP contribution in [0, 0.1) is 17.9 Å². The van der Waals surface area contributed by atoms with Gasteiger partial charge < -0.3 is 4.74 Å². The van der Waals surface area contributed by atoms with Crippen molar-refractivity contribution in [2.75, 3.05) is 0 Å². The molecule has 0 N–H and O–H groups in total. The second kappa shape index (κ2) is 44.1. The van der Waals surface area contributed by atoms with E-state index in [-0.39, 0.29) is 137 Å². The van der Waals surface area contributed by atoms with Crippen molar-refractivity contribution in [3.63, 3.8) is 0 Å². The van der Waals surface area contributed by atoms with E-state index in [2.05, 4.69) is 0 Å². The van der Waals surface area contributed by atoms with Crippen LogP contribution in [0.15, 0.2) is 221 Å². The van der Waals surface area contributed by atoms with E-state index in [1.165, 1.54) is 13.8 Å². The Balaban J connectivity index is 9.69. The summed E-state index contributed by atoms with van der Waals surface area (Å²) in [6.45, 7) is 4.39. The monoisotopic (exact) mass is 1190 g/mol. The summed E-state index contributed by atoms with van der Waals surface area (Å²) in [6, 6.07) is 0. The highest BCUT2D eigenvalue weighted by Gasteiger charge is 2.31. The summed E-state index contributed by atoms with van der Waals surface area (Å²) in [4.78, 5) is 265. The first-order valence-corrected chi connectivity index (χ1v) is 24.8. The zero-order valence-corrected chi connectivity index (χ0v) is 46.7. The van der Waals surface area contributed by atoms with Crippen LogP contribution in [-0.4, -0.2) is 131 Å². The zero-order chi connectivity index (χ0) is 66.4. The van der Waals surface area contributed by atoms with E-state index in [0.29, 0.717) is 97.2 Å². The lowest BCUT2D eigenvalue weighted by Gasteiger charge is -2.26. The van der Waals surface area contributed by atoms with Crippen LogP contribution in [0.5, 0.6) is 0 Å².